The summed E-state index contributed by atoms with van der Waals surface area (Å²) < 4.78 is 6.14. The molecule has 1 aromatic heterocycles. The van der Waals surface area contributed by atoms with E-state index in [-0.39, 0.29) is 18.7 Å². The Morgan fingerprint density at radius 2 is 2.47 bits per heavy atom. The molecule has 0 aromatic carbocycles. The molecule has 2 rings (SSSR count). The van der Waals surface area contributed by atoms with Crippen LogP contribution in [0.15, 0.2) is 12.1 Å². The third-order valence-corrected chi connectivity index (χ3v) is 4.36. The number of aliphatic hydroxyl groups excluding tert-OH is 1. The smallest absolute Gasteiger partial charge is 0.0931 e. The lowest BCUT2D eigenvalue weighted by Gasteiger charge is -2.39. The van der Waals surface area contributed by atoms with Gasteiger partial charge in [-0.3, -0.25) is 4.90 Å². The van der Waals surface area contributed by atoms with E-state index in [0.29, 0.717) is 19.8 Å². The quantitative estimate of drug-likeness (QED) is 0.865. The molecule has 96 valence electrons. The SMILES string of the molecule is NCC(c1ccc(Cl)s1)N1CCOCC1CO. The van der Waals surface area contributed by atoms with Gasteiger partial charge in [-0.1, -0.05) is 11.6 Å². The highest BCUT2D eigenvalue weighted by molar-refractivity contribution is 7.16. The molecule has 0 saturated carbocycles. The van der Waals surface area contributed by atoms with Gasteiger partial charge in [0.2, 0.25) is 0 Å². The van der Waals surface area contributed by atoms with Gasteiger partial charge in [0, 0.05) is 18.0 Å². The van der Waals surface area contributed by atoms with Gasteiger partial charge in [0.25, 0.3) is 0 Å². The second kappa shape index (κ2) is 6.13. The van der Waals surface area contributed by atoms with E-state index in [1.165, 1.54) is 0 Å². The van der Waals surface area contributed by atoms with Crippen LogP contribution in [0.5, 0.6) is 0 Å². The van der Waals surface area contributed by atoms with Gasteiger partial charge in [-0.15, -0.1) is 11.3 Å². The molecule has 2 unspecified atom stereocenters. The van der Waals surface area contributed by atoms with Crippen molar-refractivity contribution in [2.24, 2.45) is 5.73 Å². The molecule has 0 bridgehead atoms. The molecule has 3 N–H and O–H groups in total. The molecular formula is C11H17ClN2O2S. The van der Waals surface area contributed by atoms with Crippen molar-refractivity contribution in [2.75, 3.05) is 32.9 Å². The Hall–Kier alpha value is -0.170. The maximum atomic E-state index is 9.37. The largest absolute Gasteiger partial charge is 0.395 e. The van der Waals surface area contributed by atoms with Crippen LogP contribution in [-0.4, -0.2) is 49.0 Å². The van der Waals surface area contributed by atoms with Crippen LogP contribution in [0.25, 0.3) is 0 Å². The second-order valence-electron chi connectivity index (χ2n) is 4.04. The first-order valence-electron chi connectivity index (χ1n) is 5.66. The van der Waals surface area contributed by atoms with Gasteiger partial charge < -0.3 is 15.6 Å². The summed E-state index contributed by atoms with van der Waals surface area (Å²) >= 11 is 7.50. The van der Waals surface area contributed by atoms with Crippen molar-refractivity contribution in [1.82, 2.24) is 4.90 Å². The molecule has 1 saturated heterocycles. The summed E-state index contributed by atoms with van der Waals surface area (Å²) in [5.41, 5.74) is 5.86. The summed E-state index contributed by atoms with van der Waals surface area (Å²) in [4.78, 5) is 3.36. The van der Waals surface area contributed by atoms with Crippen LogP contribution in [0.1, 0.15) is 10.9 Å². The number of hydrogen-bond donors (Lipinski definition) is 2. The topological polar surface area (TPSA) is 58.7 Å². The van der Waals surface area contributed by atoms with E-state index in [1.807, 2.05) is 12.1 Å². The average molecular weight is 277 g/mol. The summed E-state index contributed by atoms with van der Waals surface area (Å²) in [6, 6.07) is 4.04. The van der Waals surface area contributed by atoms with E-state index in [1.54, 1.807) is 11.3 Å². The lowest BCUT2D eigenvalue weighted by molar-refractivity contribution is -0.0457. The zero-order chi connectivity index (χ0) is 12.3. The fourth-order valence-electron chi connectivity index (χ4n) is 2.16. The predicted octanol–water partition coefficient (Wildman–Crippen LogP) is 1.09. The number of nitrogens with two attached hydrogens (primary N) is 1. The average Bonchev–Trinajstić information content (AvgIpc) is 2.77. The van der Waals surface area contributed by atoms with Crippen LogP contribution >= 0.6 is 22.9 Å². The second-order valence-corrected chi connectivity index (χ2v) is 5.79. The fraction of sp³-hybridized carbons (Fsp3) is 0.636. The van der Waals surface area contributed by atoms with Crippen LogP contribution in [0.3, 0.4) is 0 Å². The maximum absolute atomic E-state index is 9.37. The minimum absolute atomic E-state index is 0.0261. The first kappa shape index (κ1) is 13.3. The number of rotatable bonds is 4. The van der Waals surface area contributed by atoms with E-state index in [0.717, 1.165) is 15.8 Å². The first-order valence-corrected chi connectivity index (χ1v) is 6.85. The third kappa shape index (κ3) is 2.99. The minimum atomic E-state index is 0.0261. The van der Waals surface area contributed by atoms with Crippen molar-refractivity contribution >= 4 is 22.9 Å². The van der Waals surface area contributed by atoms with Gasteiger partial charge in [-0.05, 0) is 12.1 Å². The normalized spacial score (nSPS) is 23.8. The zero-order valence-corrected chi connectivity index (χ0v) is 11.1. The number of thiophene rings is 1. The van der Waals surface area contributed by atoms with Gasteiger partial charge in [0.1, 0.15) is 0 Å². The van der Waals surface area contributed by atoms with E-state index in [2.05, 4.69) is 4.90 Å². The van der Waals surface area contributed by atoms with E-state index in [4.69, 9.17) is 22.1 Å². The van der Waals surface area contributed by atoms with Crippen molar-refractivity contribution in [3.05, 3.63) is 21.3 Å². The zero-order valence-electron chi connectivity index (χ0n) is 9.51. The predicted molar refractivity (Wildman–Crippen MR) is 69.5 cm³/mol. The number of hydrogen-bond acceptors (Lipinski definition) is 5. The molecule has 1 aliphatic rings. The Kier molecular flexibility index (Phi) is 4.78. The summed E-state index contributed by atoms with van der Waals surface area (Å²) in [5.74, 6) is 0. The highest BCUT2D eigenvalue weighted by Gasteiger charge is 2.29. The summed E-state index contributed by atoms with van der Waals surface area (Å²) in [5, 5.41) is 9.37. The van der Waals surface area contributed by atoms with Crippen molar-refractivity contribution < 1.29 is 9.84 Å². The minimum Gasteiger partial charge on any atom is -0.395 e. The summed E-state index contributed by atoms with van der Waals surface area (Å²) in [6.07, 6.45) is 0. The molecule has 17 heavy (non-hydrogen) atoms. The number of aliphatic hydroxyl groups is 1. The standard InChI is InChI=1S/C11H17ClN2O2S/c12-11-2-1-10(17-11)9(5-13)14-3-4-16-7-8(14)6-15/h1-2,8-9,15H,3-7,13H2. The Morgan fingerprint density at radius 3 is 3.06 bits per heavy atom. The molecule has 0 radical (unpaired) electrons. The van der Waals surface area contributed by atoms with Crippen LogP contribution in [-0.2, 0) is 4.74 Å². The Balaban J connectivity index is 2.16. The first-order chi connectivity index (χ1) is 8.26. The summed E-state index contributed by atoms with van der Waals surface area (Å²) in [7, 11) is 0. The van der Waals surface area contributed by atoms with Crippen LogP contribution in [0.4, 0.5) is 0 Å². The molecule has 0 spiro atoms. The van der Waals surface area contributed by atoms with Crippen molar-refractivity contribution in [3.8, 4) is 0 Å². The van der Waals surface area contributed by atoms with Crippen molar-refractivity contribution in [2.45, 2.75) is 12.1 Å². The van der Waals surface area contributed by atoms with Gasteiger partial charge in [0.05, 0.1) is 36.2 Å². The monoisotopic (exact) mass is 276 g/mol. The molecule has 0 aliphatic carbocycles. The molecule has 1 aromatic rings. The molecule has 2 atom stereocenters. The van der Waals surface area contributed by atoms with Crippen molar-refractivity contribution in [3.63, 3.8) is 0 Å². The third-order valence-electron chi connectivity index (χ3n) is 3.03. The number of ether oxygens (including phenoxy) is 1. The molecule has 1 aliphatic heterocycles. The van der Waals surface area contributed by atoms with Crippen LogP contribution in [0, 0.1) is 0 Å². The molecule has 2 heterocycles. The lowest BCUT2D eigenvalue weighted by Crippen LogP contribution is -2.50. The molecule has 6 heteroatoms. The highest BCUT2D eigenvalue weighted by Crippen LogP contribution is 2.31. The Bertz CT molecular complexity index is 361. The molecule has 4 nitrogen and oxygen atoms in total. The van der Waals surface area contributed by atoms with Crippen LogP contribution < -0.4 is 5.73 Å². The van der Waals surface area contributed by atoms with Gasteiger partial charge >= 0.3 is 0 Å². The fourth-order valence-corrected chi connectivity index (χ4v) is 3.35. The maximum Gasteiger partial charge on any atom is 0.0931 e. The van der Waals surface area contributed by atoms with Gasteiger partial charge in [0.15, 0.2) is 0 Å². The van der Waals surface area contributed by atoms with Crippen molar-refractivity contribution in [1.29, 1.82) is 0 Å². The molecule has 0 amide bonds. The Labute approximate surface area is 110 Å². The number of nitrogens with zero attached hydrogens (tertiary/aromatic N) is 1. The van der Waals surface area contributed by atoms with Gasteiger partial charge in [-0.2, -0.15) is 0 Å². The van der Waals surface area contributed by atoms with E-state index >= 15 is 0 Å². The van der Waals surface area contributed by atoms with E-state index in [9.17, 15) is 5.11 Å². The summed E-state index contributed by atoms with van der Waals surface area (Å²) in [6.45, 7) is 2.66. The number of morpholine rings is 1. The van der Waals surface area contributed by atoms with Gasteiger partial charge in [-0.25, -0.2) is 0 Å². The Morgan fingerprint density at radius 1 is 1.65 bits per heavy atom. The highest BCUT2D eigenvalue weighted by atomic mass is 35.5. The molecule has 1 fully saturated rings. The van der Waals surface area contributed by atoms with Crippen LogP contribution in [0.2, 0.25) is 4.34 Å². The molecular weight excluding hydrogens is 260 g/mol. The number of halogens is 1. The lowest BCUT2D eigenvalue weighted by atomic mass is 10.1. The van der Waals surface area contributed by atoms with E-state index < -0.39 is 0 Å².